The largest absolute Gasteiger partial charge is 0.354 e. The fourth-order valence-electron chi connectivity index (χ4n) is 3.29. The summed E-state index contributed by atoms with van der Waals surface area (Å²) in [4.78, 5) is 14.7. The number of hydrogen-bond acceptors (Lipinski definition) is 3. The first-order chi connectivity index (χ1) is 8.72. The molecule has 2 saturated heterocycles. The SMILES string of the molecule is CCN1CCCC1CNC(=O)C1CCCNC1C. The van der Waals surface area contributed by atoms with Crippen LogP contribution in [0.2, 0.25) is 0 Å². The third-order valence-electron chi connectivity index (χ3n) is 4.52. The third kappa shape index (κ3) is 3.23. The number of piperidine rings is 1. The second-order valence-electron chi connectivity index (χ2n) is 5.66. The van der Waals surface area contributed by atoms with Crippen LogP contribution in [0.5, 0.6) is 0 Å². The molecule has 0 aromatic heterocycles. The lowest BCUT2D eigenvalue weighted by molar-refractivity contribution is -0.126. The first-order valence-electron chi connectivity index (χ1n) is 7.47. The molecule has 104 valence electrons. The minimum atomic E-state index is 0.162. The van der Waals surface area contributed by atoms with E-state index in [4.69, 9.17) is 0 Å². The Kier molecular flexibility index (Phi) is 5.01. The van der Waals surface area contributed by atoms with E-state index in [2.05, 4.69) is 29.4 Å². The molecule has 0 saturated carbocycles. The van der Waals surface area contributed by atoms with Crippen LogP contribution in [0.1, 0.15) is 39.5 Å². The van der Waals surface area contributed by atoms with Crippen molar-refractivity contribution >= 4 is 5.91 Å². The van der Waals surface area contributed by atoms with Gasteiger partial charge in [-0.05, 0) is 52.2 Å². The van der Waals surface area contributed by atoms with Gasteiger partial charge in [0.15, 0.2) is 0 Å². The van der Waals surface area contributed by atoms with Gasteiger partial charge >= 0.3 is 0 Å². The molecule has 4 heteroatoms. The van der Waals surface area contributed by atoms with Gasteiger partial charge in [0.25, 0.3) is 0 Å². The molecule has 2 N–H and O–H groups in total. The van der Waals surface area contributed by atoms with Crippen LogP contribution in [-0.4, -0.2) is 49.1 Å². The molecular weight excluding hydrogens is 226 g/mol. The van der Waals surface area contributed by atoms with E-state index in [-0.39, 0.29) is 11.8 Å². The first kappa shape index (κ1) is 13.8. The summed E-state index contributed by atoms with van der Waals surface area (Å²) in [5, 5.41) is 6.56. The standard InChI is InChI=1S/C14H27N3O/c1-3-17-9-5-6-12(17)10-16-14(18)13-7-4-8-15-11(13)2/h11-13,15H,3-10H2,1-2H3,(H,16,18). The highest BCUT2D eigenvalue weighted by atomic mass is 16.1. The van der Waals surface area contributed by atoms with Crippen LogP contribution in [0, 0.1) is 5.92 Å². The predicted molar refractivity (Wildman–Crippen MR) is 73.5 cm³/mol. The summed E-state index contributed by atoms with van der Waals surface area (Å²) in [6.45, 7) is 8.50. The number of nitrogens with zero attached hydrogens (tertiary/aromatic N) is 1. The molecule has 0 spiro atoms. The Hall–Kier alpha value is -0.610. The zero-order valence-electron chi connectivity index (χ0n) is 11.7. The molecular formula is C14H27N3O. The van der Waals surface area contributed by atoms with E-state index in [1.807, 2.05) is 0 Å². The van der Waals surface area contributed by atoms with Crippen LogP contribution in [0.15, 0.2) is 0 Å². The maximum Gasteiger partial charge on any atom is 0.224 e. The quantitative estimate of drug-likeness (QED) is 0.785. The molecule has 2 rings (SSSR count). The molecule has 0 aromatic carbocycles. The van der Waals surface area contributed by atoms with E-state index in [1.165, 1.54) is 19.4 Å². The maximum absolute atomic E-state index is 12.2. The number of amides is 1. The van der Waals surface area contributed by atoms with Crippen molar-refractivity contribution in [2.24, 2.45) is 5.92 Å². The van der Waals surface area contributed by atoms with Crippen molar-refractivity contribution in [3.8, 4) is 0 Å². The highest BCUT2D eigenvalue weighted by Crippen LogP contribution is 2.18. The predicted octanol–water partition coefficient (Wildman–Crippen LogP) is 0.975. The van der Waals surface area contributed by atoms with E-state index in [0.717, 1.165) is 32.5 Å². The van der Waals surface area contributed by atoms with Crippen molar-refractivity contribution in [3.63, 3.8) is 0 Å². The van der Waals surface area contributed by atoms with E-state index in [1.54, 1.807) is 0 Å². The Morgan fingerprint density at radius 2 is 2.22 bits per heavy atom. The second-order valence-corrected chi connectivity index (χ2v) is 5.66. The molecule has 3 unspecified atom stereocenters. The van der Waals surface area contributed by atoms with Crippen molar-refractivity contribution < 1.29 is 4.79 Å². The highest BCUT2D eigenvalue weighted by molar-refractivity contribution is 5.79. The third-order valence-corrected chi connectivity index (χ3v) is 4.52. The van der Waals surface area contributed by atoms with Crippen molar-refractivity contribution in [3.05, 3.63) is 0 Å². The van der Waals surface area contributed by atoms with Gasteiger partial charge in [0.1, 0.15) is 0 Å². The zero-order chi connectivity index (χ0) is 13.0. The fourth-order valence-corrected chi connectivity index (χ4v) is 3.29. The number of likely N-dealkylation sites (tertiary alicyclic amines) is 1. The molecule has 3 atom stereocenters. The van der Waals surface area contributed by atoms with Crippen molar-refractivity contribution in [1.29, 1.82) is 0 Å². The Balaban J connectivity index is 1.77. The average molecular weight is 253 g/mol. The minimum absolute atomic E-state index is 0.162. The van der Waals surface area contributed by atoms with Crippen LogP contribution >= 0.6 is 0 Å². The van der Waals surface area contributed by atoms with Gasteiger partial charge in [-0.25, -0.2) is 0 Å². The summed E-state index contributed by atoms with van der Waals surface area (Å²) >= 11 is 0. The smallest absolute Gasteiger partial charge is 0.224 e. The Bertz CT molecular complexity index is 282. The Morgan fingerprint density at radius 1 is 1.39 bits per heavy atom. The van der Waals surface area contributed by atoms with Crippen LogP contribution in [0.25, 0.3) is 0 Å². The van der Waals surface area contributed by atoms with E-state index in [0.29, 0.717) is 12.1 Å². The molecule has 18 heavy (non-hydrogen) atoms. The van der Waals surface area contributed by atoms with Gasteiger partial charge in [0.2, 0.25) is 5.91 Å². The molecule has 2 aliphatic heterocycles. The second kappa shape index (κ2) is 6.53. The van der Waals surface area contributed by atoms with Gasteiger partial charge < -0.3 is 10.6 Å². The van der Waals surface area contributed by atoms with Crippen molar-refractivity contribution in [1.82, 2.24) is 15.5 Å². The average Bonchev–Trinajstić information content (AvgIpc) is 2.84. The molecule has 0 aromatic rings. The van der Waals surface area contributed by atoms with E-state index < -0.39 is 0 Å². The lowest BCUT2D eigenvalue weighted by Crippen LogP contribution is -2.49. The van der Waals surface area contributed by atoms with E-state index >= 15 is 0 Å². The molecule has 4 nitrogen and oxygen atoms in total. The van der Waals surface area contributed by atoms with Gasteiger partial charge in [0, 0.05) is 18.6 Å². The number of rotatable bonds is 4. The number of likely N-dealkylation sites (N-methyl/N-ethyl adjacent to an activating group) is 1. The number of carbonyl (C=O) groups excluding carboxylic acids is 1. The minimum Gasteiger partial charge on any atom is -0.354 e. The van der Waals surface area contributed by atoms with E-state index in [9.17, 15) is 4.79 Å². The summed E-state index contributed by atoms with van der Waals surface area (Å²) in [6.07, 6.45) is 4.65. The normalized spacial score (nSPS) is 33.6. The summed E-state index contributed by atoms with van der Waals surface area (Å²) in [6, 6.07) is 0.885. The number of carbonyl (C=O) groups is 1. The number of nitrogens with one attached hydrogen (secondary N) is 2. The molecule has 2 aliphatic rings. The Morgan fingerprint density at radius 3 is 2.94 bits per heavy atom. The molecule has 2 heterocycles. The monoisotopic (exact) mass is 253 g/mol. The lowest BCUT2D eigenvalue weighted by atomic mass is 9.91. The maximum atomic E-state index is 12.2. The fraction of sp³-hybridized carbons (Fsp3) is 0.929. The van der Waals surface area contributed by atoms with Crippen LogP contribution in [-0.2, 0) is 4.79 Å². The zero-order valence-corrected chi connectivity index (χ0v) is 11.7. The van der Waals surface area contributed by atoms with Gasteiger partial charge in [-0.15, -0.1) is 0 Å². The topological polar surface area (TPSA) is 44.4 Å². The summed E-state index contributed by atoms with van der Waals surface area (Å²) in [5.41, 5.74) is 0. The van der Waals surface area contributed by atoms with Gasteiger partial charge in [-0.1, -0.05) is 6.92 Å². The summed E-state index contributed by atoms with van der Waals surface area (Å²) < 4.78 is 0. The van der Waals surface area contributed by atoms with Gasteiger partial charge in [-0.3, -0.25) is 9.69 Å². The van der Waals surface area contributed by atoms with Gasteiger partial charge in [-0.2, -0.15) is 0 Å². The highest BCUT2D eigenvalue weighted by Gasteiger charge is 2.29. The molecule has 0 bridgehead atoms. The lowest BCUT2D eigenvalue weighted by Gasteiger charge is -2.30. The summed E-state index contributed by atoms with van der Waals surface area (Å²) in [7, 11) is 0. The van der Waals surface area contributed by atoms with Crippen molar-refractivity contribution in [2.75, 3.05) is 26.2 Å². The summed E-state index contributed by atoms with van der Waals surface area (Å²) in [5.74, 6) is 0.410. The molecule has 0 aliphatic carbocycles. The van der Waals surface area contributed by atoms with Crippen LogP contribution in [0.4, 0.5) is 0 Å². The van der Waals surface area contributed by atoms with Gasteiger partial charge in [0.05, 0.1) is 5.92 Å². The van der Waals surface area contributed by atoms with Crippen LogP contribution < -0.4 is 10.6 Å². The Labute approximate surface area is 110 Å². The molecule has 1 amide bonds. The van der Waals surface area contributed by atoms with Crippen molar-refractivity contribution in [2.45, 2.75) is 51.6 Å². The molecule has 2 fully saturated rings. The first-order valence-corrected chi connectivity index (χ1v) is 7.47. The molecule has 0 radical (unpaired) electrons. The number of hydrogen-bond donors (Lipinski definition) is 2. The van der Waals surface area contributed by atoms with Crippen LogP contribution in [0.3, 0.4) is 0 Å².